The zero-order chi connectivity index (χ0) is 15.0. The molecule has 0 heterocycles. The van der Waals surface area contributed by atoms with Crippen molar-refractivity contribution in [2.24, 2.45) is 5.41 Å². The minimum absolute atomic E-state index is 0.0356. The monoisotopic (exact) mass is 281 g/mol. The van der Waals surface area contributed by atoms with Crippen LogP contribution in [0.3, 0.4) is 0 Å². The fraction of sp³-hybridized carbons (Fsp3) is 0.625. The first-order valence-electron chi connectivity index (χ1n) is 7.17. The second kappa shape index (κ2) is 8.12. The lowest BCUT2D eigenvalue weighted by molar-refractivity contribution is 0.113. The molecule has 0 unspecified atom stereocenters. The number of aliphatic hydroxyl groups is 1. The molecule has 0 atom stereocenters. The van der Waals surface area contributed by atoms with Gasteiger partial charge in [0, 0.05) is 30.7 Å². The lowest BCUT2D eigenvalue weighted by Gasteiger charge is -2.29. The molecule has 0 radical (unpaired) electrons. The van der Waals surface area contributed by atoms with Gasteiger partial charge in [0.25, 0.3) is 0 Å². The summed E-state index contributed by atoms with van der Waals surface area (Å²) in [5.41, 5.74) is 1.03. The molecule has 1 aromatic carbocycles. The Labute approximate surface area is 122 Å². The highest BCUT2D eigenvalue weighted by molar-refractivity contribution is 5.40. The summed E-state index contributed by atoms with van der Waals surface area (Å²) in [6, 6.07) is 5.78. The van der Waals surface area contributed by atoms with Gasteiger partial charge in [-0.1, -0.05) is 13.8 Å². The van der Waals surface area contributed by atoms with E-state index in [1.807, 2.05) is 18.2 Å². The molecule has 0 spiro atoms. The van der Waals surface area contributed by atoms with E-state index in [0.29, 0.717) is 6.54 Å². The van der Waals surface area contributed by atoms with Crippen LogP contribution in [0.5, 0.6) is 11.5 Å². The van der Waals surface area contributed by atoms with E-state index >= 15 is 0 Å². The van der Waals surface area contributed by atoms with E-state index in [1.54, 1.807) is 14.2 Å². The fourth-order valence-electron chi connectivity index (χ4n) is 2.26. The third-order valence-corrected chi connectivity index (χ3v) is 4.14. The van der Waals surface area contributed by atoms with Crippen molar-refractivity contribution in [3.8, 4) is 11.5 Å². The molecule has 1 aromatic rings. The lowest BCUT2D eigenvalue weighted by atomic mass is 9.83. The van der Waals surface area contributed by atoms with Crippen molar-refractivity contribution in [2.75, 3.05) is 27.4 Å². The highest BCUT2D eigenvalue weighted by Crippen LogP contribution is 2.26. The van der Waals surface area contributed by atoms with Crippen LogP contribution >= 0.6 is 0 Å². The molecule has 2 N–H and O–H groups in total. The lowest BCUT2D eigenvalue weighted by Crippen LogP contribution is -2.36. The van der Waals surface area contributed by atoms with Gasteiger partial charge in [-0.2, -0.15) is 0 Å². The summed E-state index contributed by atoms with van der Waals surface area (Å²) in [6.07, 6.45) is 1.92. The van der Waals surface area contributed by atoms with E-state index in [1.165, 1.54) is 0 Å². The van der Waals surface area contributed by atoms with Crippen LogP contribution in [0.15, 0.2) is 18.2 Å². The predicted molar refractivity (Wildman–Crippen MR) is 81.4 cm³/mol. The number of aliphatic hydroxyl groups excluding tert-OH is 1. The number of hydrogen-bond acceptors (Lipinski definition) is 4. The largest absolute Gasteiger partial charge is 0.497 e. The molecular weight excluding hydrogens is 254 g/mol. The Morgan fingerprint density at radius 3 is 2.35 bits per heavy atom. The van der Waals surface area contributed by atoms with Crippen molar-refractivity contribution in [3.63, 3.8) is 0 Å². The minimum Gasteiger partial charge on any atom is -0.497 e. The van der Waals surface area contributed by atoms with Crippen molar-refractivity contribution in [1.82, 2.24) is 5.32 Å². The van der Waals surface area contributed by atoms with Crippen molar-refractivity contribution in [2.45, 2.75) is 33.2 Å². The van der Waals surface area contributed by atoms with Gasteiger partial charge < -0.3 is 19.9 Å². The van der Waals surface area contributed by atoms with Gasteiger partial charge in [0.1, 0.15) is 11.5 Å². The minimum atomic E-state index is -0.0356. The smallest absolute Gasteiger partial charge is 0.123 e. The van der Waals surface area contributed by atoms with Gasteiger partial charge in [-0.15, -0.1) is 0 Å². The van der Waals surface area contributed by atoms with Gasteiger partial charge in [-0.05, 0) is 31.0 Å². The summed E-state index contributed by atoms with van der Waals surface area (Å²) >= 11 is 0. The van der Waals surface area contributed by atoms with Crippen molar-refractivity contribution in [3.05, 3.63) is 23.8 Å². The van der Waals surface area contributed by atoms with Crippen LogP contribution in [0.2, 0.25) is 0 Å². The van der Waals surface area contributed by atoms with Crippen LogP contribution in [0.4, 0.5) is 0 Å². The van der Waals surface area contributed by atoms with Gasteiger partial charge in [-0.25, -0.2) is 0 Å². The van der Waals surface area contributed by atoms with Crippen LogP contribution < -0.4 is 14.8 Å². The molecule has 0 aliphatic heterocycles. The highest BCUT2D eigenvalue weighted by Gasteiger charge is 2.24. The number of rotatable bonds is 9. The Kier molecular flexibility index (Phi) is 6.82. The number of benzene rings is 1. The number of methoxy groups -OCH3 is 2. The van der Waals surface area contributed by atoms with Gasteiger partial charge in [-0.3, -0.25) is 0 Å². The molecule has 4 nitrogen and oxygen atoms in total. The Bertz CT molecular complexity index is 394. The molecule has 0 amide bonds. The maximum Gasteiger partial charge on any atom is 0.123 e. The fourth-order valence-corrected chi connectivity index (χ4v) is 2.26. The molecular formula is C16H27NO3. The van der Waals surface area contributed by atoms with Crippen LogP contribution in [0.25, 0.3) is 0 Å². The maximum atomic E-state index is 9.57. The second-order valence-electron chi connectivity index (χ2n) is 5.15. The second-order valence-corrected chi connectivity index (χ2v) is 5.15. The summed E-state index contributed by atoms with van der Waals surface area (Å²) in [5.74, 6) is 1.67. The number of nitrogens with one attached hydrogen (secondary N) is 1. The molecule has 0 fully saturated rings. The molecule has 4 heteroatoms. The third kappa shape index (κ3) is 4.12. The zero-order valence-corrected chi connectivity index (χ0v) is 13.0. The summed E-state index contributed by atoms with van der Waals surface area (Å²) < 4.78 is 10.6. The van der Waals surface area contributed by atoms with E-state index in [-0.39, 0.29) is 12.0 Å². The van der Waals surface area contributed by atoms with E-state index in [2.05, 4.69) is 19.2 Å². The topological polar surface area (TPSA) is 50.7 Å². The summed E-state index contributed by atoms with van der Waals surface area (Å²) in [6.45, 7) is 5.93. The molecule has 0 aliphatic rings. The number of hydrogen-bond donors (Lipinski definition) is 2. The molecule has 1 rings (SSSR count). The first kappa shape index (κ1) is 16.8. The third-order valence-electron chi connectivity index (χ3n) is 4.14. The predicted octanol–water partition coefficient (Wildman–Crippen LogP) is 2.59. The van der Waals surface area contributed by atoms with Crippen LogP contribution in [0.1, 0.15) is 32.3 Å². The van der Waals surface area contributed by atoms with Crippen LogP contribution in [-0.2, 0) is 6.54 Å². The maximum absolute atomic E-state index is 9.57. The average Bonchev–Trinajstić information content (AvgIpc) is 2.52. The molecule has 0 saturated heterocycles. The Morgan fingerprint density at radius 2 is 1.85 bits per heavy atom. The summed E-state index contributed by atoms with van der Waals surface area (Å²) in [4.78, 5) is 0. The molecule has 0 aromatic heterocycles. The number of ether oxygens (including phenoxy) is 2. The first-order valence-corrected chi connectivity index (χ1v) is 7.17. The Hall–Kier alpha value is -1.26. The quantitative estimate of drug-likeness (QED) is 0.730. The average molecular weight is 281 g/mol. The van der Waals surface area contributed by atoms with Gasteiger partial charge in [0.15, 0.2) is 0 Å². The molecule has 20 heavy (non-hydrogen) atoms. The Morgan fingerprint density at radius 1 is 1.15 bits per heavy atom. The molecule has 0 aliphatic carbocycles. The first-order chi connectivity index (χ1) is 9.64. The summed E-state index contributed by atoms with van der Waals surface area (Å²) in [7, 11) is 3.32. The Balaban J connectivity index is 2.69. The van der Waals surface area contributed by atoms with E-state index < -0.39 is 0 Å². The van der Waals surface area contributed by atoms with E-state index in [4.69, 9.17) is 9.47 Å². The van der Waals surface area contributed by atoms with Crippen molar-refractivity contribution >= 4 is 0 Å². The van der Waals surface area contributed by atoms with Gasteiger partial charge >= 0.3 is 0 Å². The molecule has 114 valence electrons. The van der Waals surface area contributed by atoms with E-state index in [9.17, 15) is 5.11 Å². The SMILES string of the molecule is CCC(CC)(CO)CNCc1cc(OC)ccc1OC. The van der Waals surface area contributed by atoms with Gasteiger partial charge in [0.2, 0.25) is 0 Å². The standard InChI is InChI=1S/C16H27NO3/c1-5-16(6-2,12-18)11-17-10-13-9-14(19-3)7-8-15(13)20-4/h7-9,17-18H,5-6,10-12H2,1-4H3. The van der Waals surface area contributed by atoms with Crippen molar-refractivity contribution < 1.29 is 14.6 Å². The van der Waals surface area contributed by atoms with Crippen molar-refractivity contribution in [1.29, 1.82) is 0 Å². The van der Waals surface area contributed by atoms with E-state index in [0.717, 1.165) is 36.4 Å². The normalized spacial score (nSPS) is 11.4. The molecule has 0 bridgehead atoms. The zero-order valence-electron chi connectivity index (χ0n) is 13.0. The van der Waals surface area contributed by atoms with Gasteiger partial charge in [0.05, 0.1) is 14.2 Å². The highest BCUT2D eigenvalue weighted by atomic mass is 16.5. The molecule has 0 saturated carbocycles. The van der Waals surface area contributed by atoms with Crippen LogP contribution in [0, 0.1) is 5.41 Å². The van der Waals surface area contributed by atoms with Crippen LogP contribution in [-0.4, -0.2) is 32.5 Å². The summed E-state index contributed by atoms with van der Waals surface area (Å²) in [5, 5.41) is 13.0.